The molecule has 1 aliphatic rings. The summed E-state index contributed by atoms with van der Waals surface area (Å²) in [7, 11) is 1.66. The van der Waals surface area contributed by atoms with E-state index in [1.807, 2.05) is 30.3 Å². The molecule has 0 spiro atoms. The highest BCUT2D eigenvalue weighted by Gasteiger charge is 2.20. The van der Waals surface area contributed by atoms with Crippen molar-refractivity contribution in [1.29, 1.82) is 0 Å². The molecular weight excluding hydrogens is 330 g/mol. The van der Waals surface area contributed by atoms with Crippen LogP contribution in [0, 0.1) is 0 Å². The van der Waals surface area contributed by atoms with E-state index in [4.69, 9.17) is 4.74 Å². The smallest absolute Gasteiger partial charge is 0.133 e. The highest BCUT2D eigenvalue weighted by Crippen LogP contribution is 2.35. The van der Waals surface area contributed by atoms with E-state index in [9.17, 15) is 5.11 Å². The van der Waals surface area contributed by atoms with Gasteiger partial charge in [-0.2, -0.15) is 0 Å². The molecule has 0 heterocycles. The van der Waals surface area contributed by atoms with Gasteiger partial charge in [0.1, 0.15) is 11.5 Å². The van der Waals surface area contributed by atoms with E-state index < -0.39 is 0 Å². The van der Waals surface area contributed by atoms with E-state index in [1.54, 1.807) is 13.2 Å². The number of hydrogen-bond acceptors (Lipinski definition) is 3. The maximum atomic E-state index is 9.62. The molecule has 0 saturated carbocycles. The summed E-state index contributed by atoms with van der Waals surface area (Å²) in [4.78, 5) is 0. The first-order valence-corrected chi connectivity index (χ1v) is 7.88. The van der Waals surface area contributed by atoms with Crippen LogP contribution in [0.25, 0.3) is 0 Å². The number of anilines is 1. The van der Waals surface area contributed by atoms with Crippen molar-refractivity contribution in [1.82, 2.24) is 0 Å². The van der Waals surface area contributed by atoms with E-state index in [1.165, 1.54) is 11.1 Å². The van der Waals surface area contributed by atoms with Crippen molar-refractivity contribution in [3.63, 3.8) is 0 Å². The molecular formula is C17H18BrNO2. The molecule has 3 nitrogen and oxygen atoms in total. The molecule has 21 heavy (non-hydrogen) atoms. The number of methoxy groups -OCH3 is 1. The molecule has 110 valence electrons. The number of aryl methyl sites for hydroxylation is 1. The van der Waals surface area contributed by atoms with Crippen LogP contribution in [0.15, 0.2) is 40.9 Å². The molecule has 1 aliphatic carbocycles. The Balaban J connectivity index is 1.85. The Morgan fingerprint density at radius 2 is 2.10 bits per heavy atom. The number of benzene rings is 2. The second kappa shape index (κ2) is 5.98. The van der Waals surface area contributed by atoms with Crippen molar-refractivity contribution in [2.75, 3.05) is 12.4 Å². The number of nitrogens with one attached hydrogen (secondary N) is 1. The minimum Gasteiger partial charge on any atom is -0.508 e. The van der Waals surface area contributed by atoms with Crippen LogP contribution in [-0.4, -0.2) is 12.2 Å². The van der Waals surface area contributed by atoms with Crippen molar-refractivity contribution in [2.45, 2.75) is 25.3 Å². The van der Waals surface area contributed by atoms with Crippen molar-refractivity contribution in [2.24, 2.45) is 0 Å². The zero-order valence-electron chi connectivity index (χ0n) is 11.9. The van der Waals surface area contributed by atoms with Gasteiger partial charge in [-0.3, -0.25) is 0 Å². The Hall–Kier alpha value is -1.68. The summed E-state index contributed by atoms with van der Waals surface area (Å²) in [6.45, 7) is 0. The first-order valence-electron chi connectivity index (χ1n) is 7.09. The average molecular weight is 348 g/mol. The lowest BCUT2D eigenvalue weighted by Gasteiger charge is -2.27. The van der Waals surface area contributed by atoms with Gasteiger partial charge < -0.3 is 15.2 Å². The van der Waals surface area contributed by atoms with Gasteiger partial charge in [0.2, 0.25) is 0 Å². The molecule has 0 aliphatic heterocycles. The number of rotatable bonds is 3. The number of phenols is 1. The number of aromatic hydroxyl groups is 1. The second-order valence-electron chi connectivity index (χ2n) is 5.32. The number of fused-ring (bicyclic) bond motifs is 1. The summed E-state index contributed by atoms with van der Waals surface area (Å²) in [6.07, 6.45) is 3.26. The fraction of sp³-hybridized carbons (Fsp3) is 0.294. The van der Waals surface area contributed by atoms with Crippen LogP contribution in [0.3, 0.4) is 0 Å². The molecule has 0 radical (unpaired) electrons. The Labute approximate surface area is 133 Å². The molecule has 1 atom stereocenters. The number of hydrogen-bond donors (Lipinski definition) is 2. The molecule has 0 saturated heterocycles. The lowest BCUT2D eigenvalue weighted by molar-refractivity contribution is 0.412. The first kappa shape index (κ1) is 14.3. The fourth-order valence-corrected chi connectivity index (χ4v) is 3.45. The predicted molar refractivity (Wildman–Crippen MR) is 88.1 cm³/mol. The van der Waals surface area contributed by atoms with Gasteiger partial charge in [-0.25, -0.2) is 0 Å². The Morgan fingerprint density at radius 3 is 2.86 bits per heavy atom. The van der Waals surface area contributed by atoms with Crippen molar-refractivity contribution >= 4 is 21.6 Å². The van der Waals surface area contributed by atoms with Crippen LogP contribution in [0.2, 0.25) is 0 Å². The van der Waals surface area contributed by atoms with Crippen LogP contribution in [-0.2, 0) is 6.42 Å². The van der Waals surface area contributed by atoms with Crippen LogP contribution in [0.5, 0.6) is 11.5 Å². The molecule has 1 unspecified atom stereocenters. The summed E-state index contributed by atoms with van der Waals surface area (Å²) in [5.41, 5.74) is 3.59. The van der Waals surface area contributed by atoms with Gasteiger partial charge in [-0.05, 0) is 76.7 Å². The van der Waals surface area contributed by atoms with Gasteiger partial charge in [-0.15, -0.1) is 0 Å². The standard InChI is InChI=1S/C17H18BrNO2/c1-21-17-8-5-12(10-15(17)18)19-16-4-2-3-11-9-13(20)6-7-14(11)16/h5-10,16,19-20H,2-4H2,1H3. The topological polar surface area (TPSA) is 41.5 Å². The highest BCUT2D eigenvalue weighted by molar-refractivity contribution is 9.10. The quantitative estimate of drug-likeness (QED) is 0.848. The normalized spacial score (nSPS) is 17.1. The van der Waals surface area contributed by atoms with Crippen LogP contribution < -0.4 is 10.1 Å². The summed E-state index contributed by atoms with van der Waals surface area (Å²) in [6, 6.07) is 12.0. The monoisotopic (exact) mass is 347 g/mol. The lowest BCUT2D eigenvalue weighted by Crippen LogP contribution is -2.17. The van der Waals surface area contributed by atoms with Crippen LogP contribution >= 0.6 is 15.9 Å². The maximum Gasteiger partial charge on any atom is 0.133 e. The largest absolute Gasteiger partial charge is 0.508 e. The molecule has 0 aromatic heterocycles. The van der Waals surface area contributed by atoms with E-state index in [-0.39, 0.29) is 6.04 Å². The fourth-order valence-electron chi connectivity index (χ4n) is 2.91. The van der Waals surface area contributed by atoms with Crippen molar-refractivity contribution < 1.29 is 9.84 Å². The summed E-state index contributed by atoms with van der Waals surface area (Å²) in [5.74, 6) is 1.18. The summed E-state index contributed by atoms with van der Waals surface area (Å²) < 4.78 is 6.20. The molecule has 0 fully saturated rings. The molecule has 2 N–H and O–H groups in total. The van der Waals surface area contributed by atoms with Gasteiger partial charge in [0.05, 0.1) is 17.6 Å². The number of halogens is 1. The minimum atomic E-state index is 0.287. The van der Waals surface area contributed by atoms with Gasteiger partial charge in [0.15, 0.2) is 0 Å². The molecule has 2 aromatic carbocycles. The molecule has 4 heteroatoms. The van der Waals surface area contributed by atoms with Gasteiger partial charge >= 0.3 is 0 Å². The first-order chi connectivity index (χ1) is 10.2. The van der Waals surface area contributed by atoms with Gasteiger partial charge in [0.25, 0.3) is 0 Å². The summed E-state index contributed by atoms with van der Waals surface area (Å²) in [5, 5.41) is 13.2. The van der Waals surface area contributed by atoms with Crippen LogP contribution in [0.1, 0.15) is 30.0 Å². The van der Waals surface area contributed by atoms with Crippen LogP contribution in [0.4, 0.5) is 5.69 Å². The Bertz CT molecular complexity index is 657. The molecule has 3 rings (SSSR count). The van der Waals surface area contributed by atoms with Crippen molar-refractivity contribution in [3.8, 4) is 11.5 Å². The third kappa shape index (κ3) is 3.00. The zero-order chi connectivity index (χ0) is 14.8. The third-order valence-electron chi connectivity index (χ3n) is 3.93. The SMILES string of the molecule is COc1ccc(NC2CCCc3cc(O)ccc32)cc1Br. The highest BCUT2D eigenvalue weighted by atomic mass is 79.9. The maximum absolute atomic E-state index is 9.62. The summed E-state index contributed by atoms with van der Waals surface area (Å²) >= 11 is 3.52. The number of phenolic OH excluding ortho intramolecular Hbond substituents is 1. The zero-order valence-corrected chi connectivity index (χ0v) is 13.5. The molecule has 2 aromatic rings. The van der Waals surface area contributed by atoms with Crippen molar-refractivity contribution in [3.05, 3.63) is 52.0 Å². The average Bonchev–Trinajstić information content (AvgIpc) is 2.47. The van der Waals surface area contributed by atoms with E-state index in [0.29, 0.717) is 5.75 Å². The molecule has 0 bridgehead atoms. The lowest BCUT2D eigenvalue weighted by atomic mass is 9.87. The second-order valence-corrected chi connectivity index (χ2v) is 6.18. The Kier molecular flexibility index (Phi) is 4.06. The predicted octanol–water partition coefficient (Wildman–Crippen LogP) is 4.65. The minimum absolute atomic E-state index is 0.287. The molecule has 0 amide bonds. The number of ether oxygens (including phenoxy) is 1. The third-order valence-corrected chi connectivity index (χ3v) is 4.55. The van der Waals surface area contributed by atoms with E-state index >= 15 is 0 Å². The van der Waals surface area contributed by atoms with Gasteiger partial charge in [-0.1, -0.05) is 6.07 Å². The van der Waals surface area contributed by atoms with E-state index in [0.717, 1.165) is 35.2 Å². The van der Waals surface area contributed by atoms with E-state index in [2.05, 4.69) is 21.2 Å². The Morgan fingerprint density at radius 1 is 1.24 bits per heavy atom. The van der Waals surface area contributed by atoms with Gasteiger partial charge in [0, 0.05) is 5.69 Å².